The SMILES string of the molecule is C=C1CCc2c(C)c(O)c(C)c(C)c2O1. The van der Waals surface area contributed by atoms with Crippen LogP contribution in [0.5, 0.6) is 11.5 Å². The lowest BCUT2D eigenvalue weighted by Crippen LogP contribution is -2.10. The number of rotatable bonds is 0. The number of phenols is 1. The van der Waals surface area contributed by atoms with Crippen molar-refractivity contribution in [2.75, 3.05) is 0 Å². The standard InChI is InChI=1S/C13H16O2/c1-7-5-6-11-10(4)12(14)8(2)9(3)13(11)15-7/h14H,1,5-6H2,2-4H3. The molecule has 0 aromatic heterocycles. The maximum atomic E-state index is 9.93. The Kier molecular flexibility index (Phi) is 2.22. The largest absolute Gasteiger partial charge is 0.507 e. The fraction of sp³-hybridized carbons (Fsp3) is 0.385. The van der Waals surface area contributed by atoms with Gasteiger partial charge in [0.05, 0.1) is 5.76 Å². The first-order chi connectivity index (χ1) is 7.02. The molecule has 0 unspecified atom stereocenters. The molecule has 1 aliphatic heterocycles. The van der Waals surface area contributed by atoms with Gasteiger partial charge < -0.3 is 9.84 Å². The fourth-order valence-electron chi connectivity index (χ4n) is 2.07. The number of hydrogen-bond acceptors (Lipinski definition) is 2. The van der Waals surface area contributed by atoms with Crippen LogP contribution in [0.15, 0.2) is 12.3 Å². The molecule has 0 spiro atoms. The Bertz CT molecular complexity index is 445. The molecular weight excluding hydrogens is 188 g/mol. The van der Waals surface area contributed by atoms with Crippen molar-refractivity contribution in [1.29, 1.82) is 0 Å². The van der Waals surface area contributed by atoms with Crippen molar-refractivity contribution >= 4 is 0 Å². The average molecular weight is 204 g/mol. The van der Waals surface area contributed by atoms with E-state index in [1.807, 2.05) is 20.8 Å². The summed E-state index contributed by atoms with van der Waals surface area (Å²) in [4.78, 5) is 0. The van der Waals surface area contributed by atoms with Crippen molar-refractivity contribution in [2.24, 2.45) is 0 Å². The first kappa shape index (κ1) is 10.1. The summed E-state index contributed by atoms with van der Waals surface area (Å²) in [6.45, 7) is 9.69. The molecule has 1 N–H and O–H groups in total. The number of fused-ring (bicyclic) bond motifs is 1. The van der Waals surface area contributed by atoms with Gasteiger partial charge in [-0.05, 0) is 43.9 Å². The molecule has 0 atom stereocenters. The second-order valence-corrected chi connectivity index (χ2v) is 4.17. The zero-order valence-electron chi connectivity index (χ0n) is 9.48. The summed E-state index contributed by atoms with van der Waals surface area (Å²) in [5.41, 5.74) is 4.00. The Morgan fingerprint density at radius 1 is 1.07 bits per heavy atom. The summed E-state index contributed by atoms with van der Waals surface area (Å²) in [5, 5.41) is 9.93. The van der Waals surface area contributed by atoms with Crippen molar-refractivity contribution in [2.45, 2.75) is 33.6 Å². The molecule has 0 radical (unpaired) electrons. The lowest BCUT2D eigenvalue weighted by atomic mass is 9.93. The molecule has 0 fully saturated rings. The number of phenolic OH excluding ortho intramolecular Hbond substituents is 1. The highest BCUT2D eigenvalue weighted by atomic mass is 16.5. The van der Waals surface area contributed by atoms with Crippen LogP contribution in [0.2, 0.25) is 0 Å². The lowest BCUT2D eigenvalue weighted by Gasteiger charge is -2.24. The third-order valence-corrected chi connectivity index (χ3v) is 3.24. The average Bonchev–Trinajstić information content (AvgIpc) is 2.23. The molecule has 80 valence electrons. The van der Waals surface area contributed by atoms with Gasteiger partial charge in [0, 0.05) is 12.0 Å². The van der Waals surface area contributed by atoms with E-state index in [0.717, 1.165) is 46.6 Å². The first-order valence-corrected chi connectivity index (χ1v) is 5.19. The molecule has 0 aliphatic carbocycles. The van der Waals surface area contributed by atoms with E-state index in [-0.39, 0.29) is 0 Å². The van der Waals surface area contributed by atoms with E-state index in [0.29, 0.717) is 5.75 Å². The van der Waals surface area contributed by atoms with Crippen LogP contribution in [0.4, 0.5) is 0 Å². The molecule has 0 amide bonds. The van der Waals surface area contributed by atoms with Crippen LogP contribution in [0, 0.1) is 20.8 Å². The highest BCUT2D eigenvalue weighted by molar-refractivity contribution is 5.58. The maximum Gasteiger partial charge on any atom is 0.133 e. The molecule has 1 aromatic carbocycles. The van der Waals surface area contributed by atoms with E-state index in [2.05, 4.69) is 6.58 Å². The van der Waals surface area contributed by atoms with Gasteiger partial charge in [0.2, 0.25) is 0 Å². The molecule has 0 saturated heterocycles. The Balaban J connectivity index is 2.70. The number of ether oxygens (including phenoxy) is 1. The first-order valence-electron chi connectivity index (χ1n) is 5.19. The highest BCUT2D eigenvalue weighted by Crippen LogP contribution is 2.41. The van der Waals surface area contributed by atoms with Crippen molar-refractivity contribution < 1.29 is 9.84 Å². The summed E-state index contributed by atoms with van der Waals surface area (Å²) < 4.78 is 5.67. The summed E-state index contributed by atoms with van der Waals surface area (Å²) in [6, 6.07) is 0. The van der Waals surface area contributed by atoms with Crippen LogP contribution in [0.1, 0.15) is 28.7 Å². The van der Waals surface area contributed by atoms with Gasteiger partial charge >= 0.3 is 0 Å². The van der Waals surface area contributed by atoms with Crippen molar-refractivity contribution in [3.63, 3.8) is 0 Å². The van der Waals surface area contributed by atoms with Gasteiger partial charge in [0.1, 0.15) is 11.5 Å². The van der Waals surface area contributed by atoms with E-state index in [1.165, 1.54) is 0 Å². The van der Waals surface area contributed by atoms with Crippen molar-refractivity contribution in [3.8, 4) is 11.5 Å². The van der Waals surface area contributed by atoms with Crippen LogP contribution < -0.4 is 4.74 Å². The summed E-state index contributed by atoms with van der Waals surface area (Å²) >= 11 is 0. The second-order valence-electron chi connectivity index (χ2n) is 4.17. The zero-order chi connectivity index (χ0) is 11.2. The van der Waals surface area contributed by atoms with Gasteiger partial charge in [0.15, 0.2) is 0 Å². The van der Waals surface area contributed by atoms with Crippen molar-refractivity contribution in [1.82, 2.24) is 0 Å². The van der Waals surface area contributed by atoms with Gasteiger partial charge in [-0.15, -0.1) is 0 Å². The Hall–Kier alpha value is -1.44. The predicted molar refractivity (Wildman–Crippen MR) is 60.4 cm³/mol. The normalized spacial score (nSPS) is 14.7. The van der Waals surface area contributed by atoms with Gasteiger partial charge in [-0.3, -0.25) is 0 Å². The minimum Gasteiger partial charge on any atom is -0.507 e. The smallest absolute Gasteiger partial charge is 0.133 e. The number of hydrogen-bond donors (Lipinski definition) is 1. The summed E-state index contributed by atoms with van der Waals surface area (Å²) in [6.07, 6.45) is 1.75. The minimum atomic E-state index is 0.405. The summed E-state index contributed by atoms with van der Waals surface area (Å²) in [7, 11) is 0. The van der Waals surface area contributed by atoms with Crippen molar-refractivity contribution in [3.05, 3.63) is 34.6 Å². The van der Waals surface area contributed by atoms with Gasteiger partial charge in [-0.2, -0.15) is 0 Å². The summed E-state index contributed by atoms with van der Waals surface area (Å²) in [5.74, 6) is 2.12. The molecular formula is C13H16O2. The van der Waals surface area contributed by atoms with Crippen LogP contribution in [0.25, 0.3) is 0 Å². The highest BCUT2D eigenvalue weighted by Gasteiger charge is 2.22. The second kappa shape index (κ2) is 3.30. The monoisotopic (exact) mass is 204 g/mol. The zero-order valence-corrected chi connectivity index (χ0v) is 9.48. The third-order valence-electron chi connectivity index (χ3n) is 3.24. The molecule has 1 aliphatic rings. The predicted octanol–water partition coefficient (Wildman–Crippen LogP) is 3.16. The molecule has 0 bridgehead atoms. The van der Waals surface area contributed by atoms with Crippen LogP contribution >= 0.6 is 0 Å². The maximum absolute atomic E-state index is 9.93. The Labute approximate surface area is 90.2 Å². The van der Waals surface area contributed by atoms with Gasteiger partial charge in [-0.1, -0.05) is 6.58 Å². The molecule has 1 aromatic rings. The van der Waals surface area contributed by atoms with Crippen LogP contribution in [0.3, 0.4) is 0 Å². The topological polar surface area (TPSA) is 29.5 Å². The van der Waals surface area contributed by atoms with Crippen LogP contribution in [-0.4, -0.2) is 5.11 Å². The molecule has 15 heavy (non-hydrogen) atoms. The van der Waals surface area contributed by atoms with E-state index >= 15 is 0 Å². The molecule has 2 nitrogen and oxygen atoms in total. The minimum absolute atomic E-state index is 0.405. The van der Waals surface area contributed by atoms with E-state index < -0.39 is 0 Å². The molecule has 0 saturated carbocycles. The van der Waals surface area contributed by atoms with E-state index in [1.54, 1.807) is 0 Å². The Morgan fingerprint density at radius 2 is 1.73 bits per heavy atom. The lowest BCUT2D eigenvalue weighted by molar-refractivity contribution is 0.373. The van der Waals surface area contributed by atoms with E-state index in [4.69, 9.17) is 4.74 Å². The number of allylic oxidation sites excluding steroid dienone is 1. The van der Waals surface area contributed by atoms with E-state index in [9.17, 15) is 5.11 Å². The van der Waals surface area contributed by atoms with Crippen LogP contribution in [-0.2, 0) is 6.42 Å². The molecule has 1 heterocycles. The third kappa shape index (κ3) is 1.41. The molecule has 2 heteroatoms. The quantitative estimate of drug-likeness (QED) is 0.703. The Morgan fingerprint density at radius 3 is 2.40 bits per heavy atom. The van der Waals surface area contributed by atoms with Gasteiger partial charge in [0.25, 0.3) is 0 Å². The molecule has 2 rings (SSSR count). The number of benzene rings is 1. The number of aromatic hydroxyl groups is 1. The fourth-order valence-corrected chi connectivity index (χ4v) is 2.07. The van der Waals surface area contributed by atoms with Gasteiger partial charge in [-0.25, -0.2) is 0 Å².